The maximum atomic E-state index is 4.32. The highest BCUT2D eigenvalue weighted by molar-refractivity contribution is 7.80. The Balaban J connectivity index is 1.98. The van der Waals surface area contributed by atoms with Gasteiger partial charge in [0.1, 0.15) is 0 Å². The molecule has 1 aliphatic rings. The van der Waals surface area contributed by atoms with E-state index in [2.05, 4.69) is 29.4 Å². The van der Waals surface area contributed by atoms with Crippen LogP contribution in [0.3, 0.4) is 0 Å². The van der Waals surface area contributed by atoms with Gasteiger partial charge in [-0.05, 0) is 18.1 Å². The van der Waals surface area contributed by atoms with Gasteiger partial charge < -0.3 is 4.90 Å². The summed E-state index contributed by atoms with van der Waals surface area (Å²) in [5, 5.41) is 0.537. The van der Waals surface area contributed by atoms with Crippen LogP contribution < -0.4 is 0 Å². The van der Waals surface area contributed by atoms with E-state index in [0.29, 0.717) is 5.25 Å². The van der Waals surface area contributed by atoms with Crippen LogP contribution in [0.4, 0.5) is 0 Å². The summed E-state index contributed by atoms with van der Waals surface area (Å²) < 4.78 is 0. The Kier molecular flexibility index (Phi) is 3.77. The number of thiol groups is 1. The van der Waals surface area contributed by atoms with E-state index < -0.39 is 0 Å². The topological polar surface area (TPSA) is 15.6 Å². The predicted molar refractivity (Wildman–Crippen MR) is 52.6 cm³/mol. The molecule has 0 saturated carbocycles. The molecule has 3 heteroatoms. The van der Waals surface area contributed by atoms with Gasteiger partial charge >= 0.3 is 0 Å². The van der Waals surface area contributed by atoms with Crippen LogP contribution in [-0.4, -0.2) is 36.1 Å². The number of aliphatic imine (C=N–C) groups is 1. The SMILES string of the molecule is CC(S)CCCN1C=NCC1. The zero-order chi connectivity index (χ0) is 8.10. The number of hydrogen-bond donors (Lipinski definition) is 1. The van der Waals surface area contributed by atoms with Crippen molar-refractivity contribution in [3.05, 3.63) is 0 Å². The average molecular weight is 172 g/mol. The molecule has 1 heterocycles. The molecular formula is C8H16N2S. The van der Waals surface area contributed by atoms with Crippen molar-refractivity contribution in [2.75, 3.05) is 19.6 Å². The van der Waals surface area contributed by atoms with Crippen molar-refractivity contribution in [2.24, 2.45) is 4.99 Å². The van der Waals surface area contributed by atoms with E-state index in [0.717, 1.165) is 19.6 Å². The van der Waals surface area contributed by atoms with Gasteiger partial charge in [-0.3, -0.25) is 4.99 Å². The Bertz CT molecular complexity index is 134. The molecular weight excluding hydrogens is 156 g/mol. The van der Waals surface area contributed by atoms with E-state index in [4.69, 9.17) is 0 Å². The Morgan fingerprint density at radius 2 is 2.55 bits per heavy atom. The minimum Gasteiger partial charge on any atom is -0.361 e. The summed E-state index contributed by atoms with van der Waals surface area (Å²) in [6.45, 7) is 5.38. The molecule has 2 nitrogen and oxygen atoms in total. The summed E-state index contributed by atoms with van der Waals surface area (Å²) in [6, 6.07) is 0. The lowest BCUT2D eigenvalue weighted by atomic mass is 10.2. The molecule has 0 saturated heterocycles. The molecule has 64 valence electrons. The van der Waals surface area contributed by atoms with Gasteiger partial charge in [0.2, 0.25) is 0 Å². The first kappa shape index (κ1) is 8.91. The van der Waals surface area contributed by atoms with Crippen molar-refractivity contribution in [1.29, 1.82) is 0 Å². The molecule has 0 aliphatic carbocycles. The molecule has 0 aromatic rings. The Hall–Kier alpha value is -0.180. The number of nitrogens with zero attached hydrogens (tertiary/aromatic N) is 2. The molecule has 0 radical (unpaired) electrons. The second-order valence-corrected chi connectivity index (χ2v) is 3.93. The first-order valence-electron chi connectivity index (χ1n) is 4.21. The van der Waals surface area contributed by atoms with E-state index in [1.807, 2.05) is 6.34 Å². The van der Waals surface area contributed by atoms with Crippen LogP contribution in [0.1, 0.15) is 19.8 Å². The maximum Gasteiger partial charge on any atom is 0.0851 e. The molecule has 0 aromatic carbocycles. The summed E-state index contributed by atoms with van der Waals surface area (Å²) in [7, 11) is 0. The fourth-order valence-electron chi connectivity index (χ4n) is 1.18. The van der Waals surface area contributed by atoms with Crippen LogP contribution in [0.5, 0.6) is 0 Å². The van der Waals surface area contributed by atoms with Gasteiger partial charge in [-0.2, -0.15) is 12.6 Å². The van der Waals surface area contributed by atoms with Crippen LogP contribution in [0.2, 0.25) is 0 Å². The van der Waals surface area contributed by atoms with Crippen LogP contribution in [0.25, 0.3) is 0 Å². The molecule has 1 unspecified atom stereocenters. The summed E-state index contributed by atoms with van der Waals surface area (Å²) in [5.41, 5.74) is 0. The summed E-state index contributed by atoms with van der Waals surface area (Å²) in [6.07, 6.45) is 4.40. The van der Waals surface area contributed by atoms with Gasteiger partial charge in [0.25, 0.3) is 0 Å². The van der Waals surface area contributed by atoms with Crippen LogP contribution in [0, 0.1) is 0 Å². The first-order chi connectivity index (χ1) is 5.29. The maximum absolute atomic E-state index is 4.32. The zero-order valence-electron chi connectivity index (χ0n) is 7.03. The Labute approximate surface area is 74.1 Å². The molecule has 0 spiro atoms. The van der Waals surface area contributed by atoms with Gasteiger partial charge in [-0.15, -0.1) is 0 Å². The fourth-order valence-corrected chi connectivity index (χ4v) is 1.36. The standard InChI is InChI=1S/C8H16N2S/c1-8(11)3-2-5-10-6-4-9-7-10/h7-8,11H,2-6H2,1H3. The summed E-state index contributed by atoms with van der Waals surface area (Å²) in [4.78, 5) is 6.42. The lowest BCUT2D eigenvalue weighted by Gasteiger charge is -2.13. The zero-order valence-corrected chi connectivity index (χ0v) is 7.93. The van der Waals surface area contributed by atoms with Gasteiger partial charge in [0.05, 0.1) is 12.9 Å². The molecule has 1 aliphatic heterocycles. The lowest BCUT2D eigenvalue weighted by molar-refractivity contribution is 0.448. The summed E-state index contributed by atoms with van der Waals surface area (Å²) >= 11 is 4.32. The van der Waals surface area contributed by atoms with E-state index in [1.54, 1.807) is 0 Å². The van der Waals surface area contributed by atoms with Crippen molar-refractivity contribution in [2.45, 2.75) is 25.0 Å². The fraction of sp³-hybridized carbons (Fsp3) is 0.875. The van der Waals surface area contributed by atoms with Crippen LogP contribution >= 0.6 is 12.6 Å². The lowest BCUT2D eigenvalue weighted by Crippen LogP contribution is -2.21. The van der Waals surface area contributed by atoms with Gasteiger partial charge in [-0.25, -0.2) is 0 Å². The van der Waals surface area contributed by atoms with Crippen molar-refractivity contribution in [1.82, 2.24) is 4.90 Å². The minimum absolute atomic E-state index is 0.537. The second kappa shape index (κ2) is 4.65. The Morgan fingerprint density at radius 3 is 3.09 bits per heavy atom. The van der Waals surface area contributed by atoms with E-state index in [1.165, 1.54) is 12.8 Å². The smallest absolute Gasteiger partial charge is 0.0851 e. The molecule has 0 aromatic heterocycles. The molecule has 0 fully saturated rings. The normalized spacial score (nSPS) is 19.3. The van der Waals surface area contributed by atoms with E-state index in [9.17, 15) is 0 Å². The number of hydrogen-bond acceptors (Lipinski definition) is 3. The third kappa shape index (κ3) is 3.65. The number of rotatable bonds is 4. The highest BCUT2D eigenvalue weighted by Crippen LogP contribution is 2.04. The van der Waals surface area contributed by atoms with Gasteiger partial charge in [0, 0.05) is 13.1 Å². The second-order valence-electron chi connectivity index (χ2n) is 3.05. The van der Waals surface area contributed by atoms with Gasteiger partial charge in [0.15, 0.2) is 0 Å². The monoisotopic (exact) mass is 172 g/mol. The van der Waals surface area contributed by atoms with Crippen LogP contribution in [-0.2, 0) is 0 Å². The Morgan fingerprint density at radius 1 is 1.73 bits per heavy atom. The van der Waals surface area contributed by atoms with E-state index >= 15 is 0 Å². The van der Waals surface area contributed by atoms with Crippen molar-refractivity contribution >= 4 is 19.0 Å². The van der Waals surface area contributed by atoms with Crippen molar-refractivity contribution < 1.29 is 0 Å². The van der Waals surface area contributed by atoms with Crippen molar-refractivity contribution in [3.8, 4) is 0 Å². The molecule has 1 rings (SSSR count). The third-order valence-corrected chi connectivity index (χ3v) is 2.09. The highest BCUT2D eigenvalue weighted by atomic mass is 32.1. The third-order valence-electron chi connectivity index (χ3n) is 1.83. The minimum atomic E-state index is 0.537. The summed E-state index contributed by atoms with van der Waals surface area (Å²) in [5.74, 6) is 0. The van der Waals surface area contributed by atoms with Crippen molar-refractivity contribution in [3.63, 3.8) is 0 Å². The average Bonchev–Trinajstić information content (AvgIpc) is 2.39. The molecule has 0 amide bonds. The quantitative estimate of drug-likeness (QED) is 0.634. The van der Waals surface area contributed by atoms with E-state index in [-0.39, 0.29) is 0 Å². The largest absolute Gasteiger partial charge is 0.361 e. The highest BCUT2D eigenvalue weighted by Gasteiger charge is 2.04. The van der Waals surface area contributed by atoms with Gasteiger partial charge in [-0.1, -0.05) is 6.92 Å². The molecule has 0 N–H and O–H groups in total. The first-order valence-corrected chi connectivity index (χ1v) is 4.73. The molecule has 0 bridgehead atoms. The molecule has 11 heavy (non-hydrogen) atoms. The predicted octanol–water partition coefficient (Wildman–Crippen LogP) is 1.43. The molecule has 1 atom stereocenters. The van der Waals surface area contributed by atoms with Crippen LogP contribution in [0.15, 0.2) is 4.99 Å².